The first-order valence-corrected chi connectivity index (χ1v) is 11.0. The normalized spacial score (nSPS) is 18.7. The molecule has 10 heteroatoms. The van der Waals surface area contributed by atoms with Gasteiger partial charge in [0.2, 0.25) is 10.0 Å². The van der Waals surface area contributed by atoms with Gasteiger partial charge in [0.05, 0.1) is 9.82 Å². The largest absolute Gasteiger partial charge is 0.477 e. The lowest BCUT2D eigenvalue weighted by molar-refractivity contribution is -0.386. The maximum Gasteiger partial charge on any atom is 0.312 e. The summed E-state index contributed by atoms with van der Waals surface area (Å²) in [7, 11) is -3.77. The van der Waals surface area contributed by atoms with Crippen molar-refractivity contribution in [3.05, 3.63) is 28.3 Å². The Morgan fingerprint density at radius 3 is 2.50 bits per heavy atom. The lowest BCUT2D eigenvalue weighted by Gasteiger charge is -2.22. The Morgan fingerprint density at radius 1 is 1.18 bits per heavy atom. The molecular weight excluding hydrogens is 386 g/mol. The van der Waals surface area contributed by atoms with E-state index in [-0.39, 0.29) is 29.2 Å². The number of hydrogen-bond acceptors (Lipinski definition) is 6. The van der Waals surface area contributed by atoms with Gasteiger partial charge < -0.3 is 10.1 Å². The molecule has 0 unspecified atom stereocenters. The van der Waals surface area contributed by atoms with E-state index in [1.54, 1.807) is 0 Å². The number of nitrogens with zero attached hydrogens (tertiary/aromatic N) is 2. The number of sulfonamides is 1. The third kappa shape index (κ3) is 4.79. The number of amides is 1. The number of rotatable bonds is 7. The number of nitro benzene ring substituents is 1. The molecule has 1 amide bonds. The Balaban J connectivity index is 1.69. The minimum absolute atomic E-state index is 0.118. The van der Waals surface area contributed by atoms with Crippen LogP contribution in [0.2, 0.25) is 0 Å². The van der Waals surface area contributed by atoms with Crippen LogP contribution in [0.4, 0.5) is 5.69 Å². The first-order valence-electron chi connectivity index (χ1n) is 9.58. The molecule has 0 bridgehead atoms. The van der Waals surface area contributed by atoms with Gasteiger partial charge in [-0.05, 0) is 37.8 Å². The highest BCUT2D eigenvalue weighted by Crippen LogP contribution is 2.31. The summed E-state index contributed by atoms with van der Waals surface area (Å²) in [5.41, 5.74) is -0.467. The molecule has 2 aliphatic rings. The molecule has 3 rings (SSSR count). The molecule has 0 spiro atoms. The van der Waals surface area contributed by atoms with E-state index in [2.05, 4.69) is 5.32 Å². The number of nitrogens with one attached hydrogen (secondary N) is 1. The zero-order chi connectivity index (χ0) is 20.1. The van der Waals surface area contributed by atoms with Crippen molar-refractivity contribution >= 4 is 21.6 Å². The van der Waals surface area contributed by atoms with Crippen LogP contribution in [0.15, 0.2) is 23.1 Å². The van der Waals surface area contributed by atoms with Gasteiger partial charge in [0.15, 0.2) is 12.4 Å². The third-order valence-electron chi connectivity index (χ3n) is 5.16. The number of nitro groups is 1. The molecule has 1 aliphatic heterocycles. The molecule has 154 valence electrons. The molecule has 0 aromatic heterocycles. The van der Waals surface area contributed by atoms with Crippen LogP contribution in [0, 0.1) is 10.1 Å². The second kappa shape index (κ2) is 8.87. The lowest BCUT2D eigenvalue weighted by Crippen LogP contribution is -2.39. The van der Waals surface area contributed by atoms with Crippen molar-refractivity contribution < 1.29 is 22.9 Å². The topological polar surface area (TPSA) is 119 Å². The molecule has 1 saturated heterocycles. The van der Waals surface area contributed by atoms with Crippen LogP contribution >= 0.6 is 0 Å². The molecule has 2 fully saturated rings. The average Bonchev–Trinajstić information content (AvgIpc) is 3.22. The standard InChI is InChI=1S/C18H25N3O6S/c22-18(19-14-6-2-1-3-7-14)13-27-17-9-8-15(12-16(17)21(23)24)28(25,26)20-10-4-5-11-20/h8-9,12,14H,1-7,10-11,13H2,(H,19,22). The van der Waals surface area contributed by atoms with Gasteiger partial charge in [-0.3, -0.25) is 14.9 Å². The van der Waals surface area contributed by atoms with Crippen LogP contribution in [0.5, 0.6) is 5.75 Å². The van der Waals surface area contributed by atoms with Crippen LogP contribution in [0.1, 0.15) is 44.9 Å². The van der Waals surface area contributed by atoms with Crippen LogP contribution in [0.25, 0.3) is 0 Å². The first kappa shape index (κ1) is 20.5. The van der Waals surface area contributed by atoms with Crippen molar-refractivity contribution in [1.29, 1.82) is 0 Å². The molecule has 9 nitrogen and oxygen atoms in total. The summed E-state index contributed by atoms with van der Waals surface area (Å²) < 4.78 is 31.9. The molecule has 1 N–H and O–H groups in total. The van der Waals surface area contributed by atoms with Crippen molar-refractivity contribution in [2.45, 2.75) is 55.9 Å². The van der Waals surface area contributed by atoms with Crippen LogP contribution < -0.4 is 10.1 Å². The minimum atomic E-state index is -3.77. The smallest absolute Gasteiger partial charge is 0.312 e. The summed E-state index contributed by atoms with van der Waals surface area (Å²) in [5.74, 6) is -0.459. The Hall–Kier alpha value is -2.20. The van der Waals surface area contributed by atoms with Crippen molar-refractivity contribution in [2.75, 3.05) is 19.7 Å². The highest BCUT2D eigenvalue weighted by atomic mass is 32.2. The lowest BCUT2D eigenvalue weighted by atomic mass is 9.95. The Bertz CT molecular complexity index is 830. The van der Waals surface area contributed by atoms with E-state index < -0.39 is 20.6 Å². The fourth-order valence-electron chi connectivity index (χ4n) is 3.66. The average molecular weight is 411 g/mol. The van der Waals surface area contributed by atoms with Gasteiger partial charge >= 0.3 is 5.69 Å². The molecule has 1 saturated carbocycles. The Morgan fingerprint density at radius 2 is 1.86 bits per heavy atom. The maximum atomic E-state index is 12.6. The van der Waals surface area contributed by atoms with Crippen LogP contribution in [0.3, 0.4) is 0 Å². The molecule has 0 radical (unpaired) electrons. The van der Waals surface area contributed by atoms with Crippen molar-refractivity contribution in [2.24, 2.45) is 0 Å². The maximum absolute atomic E-state index is 12.6. The third-order valence-corrected chi connectivity index (χ3v) is 7.05. The van der Waals surface area contributed by atoms with Crippen LogP contribution in [-0.4, -0.2) is 49.3 Å². The van der Waals surface area contributed by atoms with E-state index in [0.29, 0.717) is 13.1 Å². The van der Waals surface area contributed by atoms with E-state index in [1.807, 2.05) is 0 Å². The van der Waals surface area contributed by atoms with Gasteiger partial charge in [-0.1, -0.05) is 19.3 Å². The van der Waals surface area contributed by atoms with E-state index in [0.717, 1.165) is 44.6 Å². The van der Waals surface area contributed by atoms with Gasteiger partial charge in [-0.2, -0.15) is 4.31 Å². The van der Waals surface area contributed by atoms with Gasteiger partial charge in [0.1, 0.15) is 0 Å². The van der Waals surface area contributed by atoms with E-state index in [1.165, 1.54) is 22.9 Å². The SMILES string of the molecule is O=C(COc1ccc(S(=O)(=O)N2CCCC2)cc1[N+](=O)[O-])NC1CCCCC1. The molecule has 1 heterocycles. The number of benzene rings is 1. The van der Waals surface area contributed by atoms with Crippen LogP contribution in [-0.2, 0) is 14.8 Å². The highest BCUT2D eigenvalue weighted by Gasteiger charge is 2.30. The summed E-state index contributed by atoms with van der Waals surface area (Å²) in [4.78, 5) is 22.6. The quantitative estimate of drug-likeness (QED) is 0.543. The van der Waals surface area contributed by atoms with Crippen molar-refractivity contribution in [1.82, 2.24) is 9.62 Å². The number of ether oxygens (including phenoxy) is 1. The predicted molar refractivity (Wildman–Crippen MR) is 102 cm³/mol. The summed E-state index contributed by atoms with van der Waals surface area (Å²) in [6.07, 6.45) is 6.72. The van der Waals surface area contributed by atoms with Crippen molar-refractivity contribution in [3.63, 3.8) is 0 Å². The summed E-state index contributed by atoms with van der Waals surface area (Å²) >= 11 is 0. The zero-order valence-electron chi connectivity index (χ0n) is 15.6. The zero-order valence-corrected chi connectivity index (χ0v) is 16.4. The van der Waals surface area contributed by atoms with E-state index >= 15 is 0 Å². The first-order chi connectivity index (χ1) is 13.4. The number of carbonyl (C=O) groups excluding carboxylic acids is 1. The van der Waals surface area contributed by atoms with Gasteiger partial charge in [-0.25, -0.2) is 8.42 Å². The van der Waals surface area contributed by atoms with Gasteiger partial charge in [0.25, 0.3) is 5.91 Å². The van der Waals surface area contributed by atoms with Crippen molar-refractivity contribution in [3.8, 4) is 5.75 Å². The fraction of sp³-hybridized carbons (Fsp3) is 0.611. The summed E-state index contributed by atoms with van der Waals surface area (Å²) in [6.45, 7) is 0.473. The molecule has 1 aromatic carbocycles. The Kier molecular flexibility index (Phi) is 6.50. The summed E-state index contributed by atoms with van der Waals surface area (Å²) in [6, 6.07) is 3.65. The van der Waals surface area contributed by atoms with E-state index in [9.17, 15) is 23.3 Å². The molecular formula is C18H25N3O6S. The number of hydrogen-bond donors (Lipinski definition) is 1. The van der Waals surface area contributed by atoms with Gasteiger partial charge in [0, 0.05) is 25.2 Å². The molecule has 1 aromatic rings. The molecule has 28 heavy (non-hydrogen) atoms. The summed E-state index contributed by atoms with van der Waals surface area (Å²) in [5, 5.41) is 14.3. The minimum Gasteiger partial charge on any atom is -0.477 e. The molecule has 1 aliphatic carbocycles. The second-order valence-corrected chi connectivity index (χ2v) is 9.13. The van der Waals surface area contributed by atoms with Gasteiger partial charge in [-0.15, -0.1) is 0 Å². The fourth-order valence-corrected chi connectivity index (χ4v) is 5.20. The molecule has 0 atom stereocenters. The highest BCUT2D eigenvalue weighted by molar-refractivity contribution is 7.89. The predicted octanol–water partition coefficient (Wildman–Crippen LogP) is 2.21. The number of carbonyl (C=O) groups is 1. The monoisotopic (exact) mass is 411 g/mol. The Labute approximate surface area is 164 Å². The van der Waals surface area contributed by atoms with E-state index in [4.69, 9.17) is 4.74 Å². The second-order valence-electron chi connectivity index (χ2n) is 7.19.